The number of morpholine rings is 3. The predicted octanol–water partition coefficient (Wildman–Crippen LogP) is 1.43. The molecule has 0 radical (unpaired) electrons. The molecule has 25 heteroatoms. The Labute approximate surface area is 352 Å². The van der Waals surface area contributed by atoms with Crippen molar-refractivity contribution in [3.63, 3.8) is 0 Å². The molecule has 3 fully saturated rings. The van der Waals surface area contributed by atoms with E-state index in [0.717, 1.165) is 55.4 Å². The molecule has 3 saturated heterocycles. The second-order valence-electron chi connectivity index (χ2n) is 14.0. The van der Waals surface area contributed by atoms with Crippen molar-refractivity contribution in [2.75, 3.05) is 78.9 Å². The Morgan fingerprint density at radius 2 is 0.803 bits per heavy atom. The van der Waals surface area contributed by atoms with Gasteiger partial charge in [0.1, 0.15) is 45.0 Å². The zero-order chi connectivity index (χ0) is 44.3. The maximum atomic E-state index is 12.5. The van der Waals surface area contributed by atoms with Crippen molar-refractivity contribution in [3.05, 3.63) is 84.5 Å². The molecule has 61 heavy (non-hydrogen) atoms. The fourth-order valence-electron chi connectivity index (χ4n) is 6.37. The molecule has 0 bridgehead atoms. The van der Waals surface area contributed by atoms with Crippen LogP contribution in [0.3, 0.4) is 0 Å². The number of quaternary nitrogens is 1. The molecule has 3 aliphatic rings. The number of aromatic nitrogens is 3. The molecule has 6 rings (SSSR count). The molecule has 4 N–H and O–H groups in total. The summed E-state index contributed by atoms with van der Waals surface area (Å²) in [7, 11) is 0. The average Bonchev–Trinajstić information content (AvgIpc) is 3.18. The van der Waals surface area contributed by atoms with Crippen LogP contribution in [0.1, 0.15) is 17.1 Å². The number of nitrogens with one attached hydrogen (secondary N) is 1. The van der Waals surface area contributed by atoms with Crippen molar-refractivity contribution in [2.24, 2.45) is 0 Å². The SMILES string of the molecule is O=c1ccn(CC(F)(F)F)c(CN2CCOCC2)c1O.O=c1ccn(CC(F)(F)F)c(CN2CCOCC2)c1O.O=c1ccn(CC(F)(F)F)c(C[NH+]2CCOCC2)c1O.[Fe]. The molecule has 0 unspecified atom stereocenters. The van der Waals surface area contributed by atoms with Gasteiger partial charge in [-0.25, -0.2) is 0 Å². The van der Waals surface area contributed by atoms with Crippen LogP contribution in [0.25, 0.3) is 0 Å². The first-order chi connectivity index (χ1) is 28.1. The number of rotatable bonds is 9. The van der Waals surface area contributed by atoms with Gasteiger partial charge in [0, 0.05) is 93.1 Å². The summed E-state index contributed by atoms with van der Waals surface area (Å²) in [5, 5.41) is 29.3. The Bertz CT molecular complexity index is 1800. The van der Waals surface area contributed by atoms with Gasteiger partial charge in [0.05, 0.1) is 51.0 Å². The molecule has 0 atom stereocenters. The van der Waals surface area contributed by atoms with Gasteiger partial charge in [-0.15, -0.1) is 0 Å². The first kappa shape index (κ1) is 51.3. The van der Waals surface area contributed by atoms with E-state index >= 15 is 0 Å². The van der Waals surface area contributed by atoms with Gasteiger partial charge < -0.3 is 48.1 Å². The van der Waals surface area contributed by atoms with Crippen molar-refractivity contribution in [1.29, 1.82) is 0 Å². The van der Waals surface area contributed by atoms with Gasteiger partial charge in [0.15, 0.2) is 17.2 Å². The minimum absolute atomic E-state index is 0. The van der Waals surface area contributed by atoms with Gasteiger partial charge in [-0.05, 0) is 0 Å². The van der Waals surface area contributed by atoms with E-state index in [0.29, 0.717) is 78.9 Å². The van der Waals surface area contributed by atoms with Gasteiger partial charge in [-0.1, -0.05) is 0 Å². The monoisotopic (exact) mass is 933 g/mol. The minimum atomic E-state index is -4.42. The predicted molar refractivity (Wildman–Crippen MR) is 193 cm³/mol. The molecule has 0 amide bonds. The van der Waals surface area contributed by atoms with E-state index in [-0.39, 0.29) is 53.8 Å². The summed E-state index contributed by atoms with van der Waals surface area (Å²) >= 11 is 0. The van der Waals surface area contributed by atoms with Crippen LogP contribution in [0.2, 0.25) is 0 Å². The van der Waals surface area contributed by atoms with Crippen molar-refractivity contribution in [1.82, 2.24) is 23.5 Å². The largest absolute Gasteiger partial charge is 0.503 e. The van der Waals surface area contributed by atoms with Gasteiger partial charge in [-0.3, -0.25) is 24.2 Å². The Morgan fingerprint density at radius 1 is 0.508 bits per heavy atom. The second kappa shape index (κ2) is 22.8. The van der Waals surface area contributed by atoms with Gasteiger partial charge in [-0.2, -0.15) is 39.5 Å². The molecule has 0 aliphatic carbocycles. The molecule has 0 spiro atoms. The van der Waals surface area contributed by atoms with Crippen LogP contribution in [-0.2, 0) is 70.5 Å². The molecular formula is C36H46F9FeN6O9+. The maximum Gasteiger partial charge on any atom is 0.406 e. The summed E-state index contributed by atoms with van der Waals surface area (Å²) in [6.45, 7) is 3.08. The Hall–Kier alpha value is -4.10. The molecule has 3 aromatic heterocycles. The molecular weight excluding hydrogens is 887 g/mol. The zero-order valence-corrected chi connectivity index (χ0v) is 33.6. The van der Waals surface area contributed by atoms with Crippen LogP contribution >= 0.6 is 0 Å². The number of nitrogens with zero attached hydrogens (tertiary/aromatic N) is 5. The molecule has 344 valence electrons. The number of hydrogen-bond acceptors (Lipinski definition) is 11. The van der Waals surface area contributed by atoms with Gasteiger partial charge in [0.25, 0.3) is 0 Å². The maximum absolute atomic E-state index is 12.5. The fraction of sp³-hybridized carbons (Fsp3) is 0.583. The summed E-state index contributed by atoms with van der Waals surface area (Å²) in [5.74, 6) is -1.85. The molecule has 3 aromatic rings. The fourth-order valence-corrected chi connectivity index (χ4v) is 6.37. The number of hydrogen-bond donors (Lipinski definition) is 4. The number of ether oxygens (including phenoxy) is 3. The van der Waals surface area contributed by atoms with E-state index in [1.807, 2.05) is 9.80 Å². The number of pyridine rings is 3. The summed E-state index contributed by atoms with van der Waals surface area (Å²) < 4.78 is 131. The van der Waals surface area contributed by atoms with Crippen LogP contribution in [-0.4, -0.2) is 136 Å². The van der Waals surface area contributed by atoms with Gasteiger partial charge >= 0.3 is 18.5 Å². The second-order valence-corrected chi connectivity index (χ2v) is 14.0. The summed E-state index contributed by atoms with van der Waals surface area (Å²) in [4.78, 5) is 38.9. The first-order valence-electron chi connectivity index (χ1n) is 18.6. The van der Waals surface area contributed by atoms with Crippen molar-refractivity contribution >= 4 is 0 Å². The Morgan fingerprint density at radius 3 is 1.13 bits per heavy atom. The third-order valence-corrected chi connectivity index (χ3v) is 9.40. The molecule has 15 nitrogen and oxygen atoms in total. The number of halogens is 9. The molecule has 6 heterocycles. The summed E-state index contributed by atoms with van der Waals surface area (Å²) in [6.07, 6.45) is -10.0. The van der Waals surface area contributed by atoms with Crippen molar-refractivity contribution in [2.45, 2.75) is 57.8 Å². The van der Waals surface area contributed by atoms with Crippen LogP contribution in [0.4, 0.5) is 39.5 Å². The molecule has 0 saturated carbocycles. The van der Waals surface area contributed by atoms with Crippen molar-refractivity contribution < 1.29 is 91.0 Å². The number of aromatic hydroxyl groups is 3. The summed E-state index contributed by atoms with van der Waals surface area (Å²) in [6, 6.07) is 2.81. The van der Waals surface area contributed by atoms with Crippen LogP contribution in [0.5, 0.6) is 17.2 Å². The van der Waals surface area contributed by atoms with E-state index in [4.69, 9.17) is 14.2 Å². The average molecular weight is 934 g/mol. The minimum Gasteiger partial charge on any atom is -0.503 e. The van der Waals surface area contributed by atoms with E-state index in [2.05, 4.69) is 0 Å². The van der Waals surface area contributed by atoms with E-state index in [9.17, 15) is 69.2 Å². The smallest absolute Gasteiger partial charge is 0.406 e. The first-order valence-corrected chi connectivity index (χ1v) is 18.6. The summed E-state index contributed by atoms with van der Waals surface area (Å²) in [5.41, 5.74) is -2.02. The van der Waals surface area contributed by atoms with E-state index in [1.54, 1.807) is 0 Å². The molecule has 3 aliphatic heterocycles. The third kappa shape index (κ3) is 16.9. The Kier molecular flexibility index (Phi) is 19.2. The molecule has 0 aromatic carbocycles. The van der Waals surface area contributed by atoms with Crippen LogP contribution in [0.15, 0.2) is 51.2 Å². The number of alkyl halides is 9. The van der Waals surface area contributed by atoms with E-state index in [1.165, 1.54) is 0 Å². The van der Waals surface area contributed by atoms with Crippen molar-refractivity contribution in [3.8, 4) is 17.2 Å². The quantitative estimate of drug-likeness (QED) is 0.181. The normalized spacial score (nSPS) is 17.1. The standard InChI is InChI=1S/3C12H15F3N2O3.Fe/c3*13-12(14,15)8-17-2-1-10(18)11(19)9(17)7-16-3-5-20-6-4-16;/h3*1-2,19H,3-8H2;/p+1. The third-order valence-electron chi connectivity index (χ3n) is 9.40. The van der Waals surface area contributed by atoms with Crippen LogP contribution in [0, 0.1) is 0 Å². The van der Waals surface area contributed by atoms with Crippen LogP contribution < -0.4 is 21.2 Å². The topological polar surface area (TPSA) is 165 Å². The zero-order valence-electron chi connectivity index (χ0n) is 32.5. The Balaban J connectivity index is 0.000000242. The van der Waals surface area contributed by atoms with Gasteiger partial charge in [0.2, 0.25) is 16.3 Å². The van der Waals surface area contributed by atoms with E-state index < -0.39 is 71.7 Å².